The number of aromatic carboxylic acids is 1. The standard InChI is InChI=1S/C17H25NO3/c1-12-5-4-6-14(9-12)18(2)11-13-7-8-15(17(19)20)16(10-13)21-3/h7-8,10,12,14H,4-6,9,11H2,1-3H3,(H,19,20). The highest BCUT2D eigenvalue weighted by Crippen LogP contribution is 2.28. The highest BCUT2D eigenvalue weighted by atomic mass is 16.5. The minimum atomic E-state index is -0.951. The zero-order chi connectivity index (χ0) is 15.4. The second kappa shape index (κ2) is 6.94. The van der Waals surface area contributed by atoms with Gasteiger partial charge in [0.1, 0.15) is 11.3 Å². The molecular weight excluding hydrogens is 266 g/mol. The third-order valence-corrected chi connectivity index (χ3v) is 4.46. The van der Waals surface area contributed by atoms with Gasteiger partial charge < -0.3 is 9.84 Å². The van der Waals surface area contributed by atoms with E-state index in [2.05, 4.69) is 18.9 Å². The Morgan fingerprint density at radius 2 is 2.19 bits per heavy atom. The van der Waals surface area contributed by atoms with Crippen LogP contribution in [0.3, 0.4) is 0 Å². The van der Waals surface area contributed by atoms with Crippen LogP contribution in [0, 0.1) is 5.92 Å². The molecule has 0 heterocycles. The van der Waals surface area contributed by atoms with Crippen molar-refractivity contribution in [2.45, 2.75) is 45.2 Å². The number of carboxylic acids is 1. The molecule has 0 aliphatic heterocycles. The third-order valence-electron chi connectivity index (χ3n) is 4.46. The van der Waals surface area contributed by atoms with Crippen molar-refractivity contribution in [3.63, 3.8) is 0 Å². The van der Waals surface area contributed by atoms with Gasteiger partial charge in [-0.3, -0.25) is 4.90 Å². The van der Waals surface area contributed by atoms with E-state index in [0.29, 0.717) is 11.8 Å². The van der Waals surface area contributed by atoms with Crippen LogP contribution in [0.15, 0.2) is 18.2 Å². The van der Waals surface area contributed by atoms with Gasteiger partial charge in [0.05, 0.1) is 7.11 Å². The third kappa shape index (κ3) is 3.97. The minimum Gasteiger partial charge on any atom is -0.496 e. The van der Waals surface area contributed by atoms with Crippen LogP contribution >= 0.6 is 0 Å². The SMILES string of the molecule is COc1cc(CN(C)C2CCCC(C)C2)ccc1C(=O)O. The van der Waals surface area contributed by atoms with Gasteiger partial charge in [-0.05, 0) is 43.5 Å². The van der Waals surface area contributed by atoms with E-state index in [1.165, 1.54) is 32.8 Å². The topological polar surface area (TPSA) is 49.8 Å². The molecule has 1 aromatic rings. The first-order valence-corrected chi connectivity index (χ1v) is 7.61. The molecule has 1 aliphatic rings. The average Bonchev–Trinajstić information content (AvgIpc) is 2.46. The first kappa shape index (κ1) is 15.8. The molecule has 1 saturated carbocycles. The molecule has 2 atom stereocenters. The lowest BCUT2D eigenvalue weighted by Gasteiger charge is -2.34. The molecule has 0 bridgehead atoms. The number of carboxylic acid groups (broad SMARTS) is 1. The summed E-state index contributed by atoms with van der Waals surface area (Å²) in [5, 5.41) is 9.11. The molecule has 1 N–H and O–H groups in total. The molecule has 1 aromatic carbocycles. The van der Waals surface area contributed by atoms with Gasteiger partial charge in [0.25, 0.3) is 0 Å². The first-order valence-electron chi connectivity index (χ1n) is 7.61. The van der Waals surface area contributed by atoms with Crippen LogP contribution in [-0.2, 0) is 6.54 Å². The molecule has 1 fully saturated rings. The molecule has 0 amide bonds. The maximum absolute atomic E-state index is 11.1. The fourth-order valence-electron chi connectivity index (χ4n) is 3.23. The molecule has 21 heavy (non-hydrogen) atoms. The Morgan fingerprint density at radius 1 is 1.43 bits per heavy atom. The summed E-state index contributed by atoms with van der Waals surface area (Å²) >= 11 is 0. The monoisotopic (exact) mass is 291 g/mol. The van der Waals surface area contributed by atoms with E-state index in [4.69, 9.17) is 9.84 Å². The van der Waals surface area contributed by atoms with E-state index in [1.54, 1.807) is 6.07 Å². The highest BCUT2D eigenvalue weighted by Gasteiger charge is 2.22. The smallest absolute Gasteiger partial charge is 0.339 e. The Hall–Kier alpha value is -1.55. The maximum Gasteiger partial charge on any atom is 0.339 e. The number of ether oxygens (including phenoxy) is 1. The summed E-state index contributed by atoms with van der Waals surface area (Å²) in [5.41, 5.74) is 1.31. The van der Waals surface area contributed by atoms with Gasteiger partial charge >= 0.3 is 5.97 Å². The first-order chi connectivity index (χ1) is 10.0. The van der Waals surface area contributed by atoms with Gasteiger partial charge in [-0.2, -0.15) is 0 Å². The fourth-order valence-corrected chi connectivity index (χ4v) is 3.23. The van der Waals surface area contributed by atoms with E-state index >= 15 is 0 Å². The number of hydrogen-bond donors (Lipinski definition) is 1. The van der Waals surface area contributed by atoms with Crippen molar-refractivity contribution in [1.29, 1.82) is 0 Å². The molecule has 1 aliphatic carbocycles. The summed E-state index contributed by atoms with van der Waals surface area (Å²) in [4.78, 5) is 13.5. The normalized spacial score (nSPS) is 22.3. The van der Waals surface area contributed by atoms with Gasteiger partial charge in [0.15, 0.2) is 0 Å². The largest absolute Gasteiger partial charge is 0.496 e. The molecule has 4 heteroatoms. The van der Waals surface area contributed by atoms with Gasteiger partial charge in [0.2, 0.25) is 0 Å². The lowest BCUT2D eigenvalue weighted by molar-refractivity contribution is 0.0693. The van der Waals surface area contributed by atoms with Crippen LogP contribution in [0.2, 0.25) is 0 Å². The van der Waals surface area contributed by atoms with E-state index in [9.17, 15) is 4.79 Å². The van der Waals surface area contributed by atoms with Crippen LogP contribution < -0.4 is 4.74 Å². The van der Waals surface area contributed by atoms with E-state index < -0.39 is 5.97 Å². The van der Waals surface area contributed by atoms with Gasteiger partial charge in [0, 0.05) is 12.6 Å². The van der Waals surface area contributed by atoms with Crippen molar-refractivity contribution >= 4 is 5.97 Å². The summed E-state index contributed by atoms with van der Waals surface area (Å²) in [6.07, 6.45) is 5.15. The molecule has 116 valence electrons. The summed E-state index contributed by atoms with van der Waals surface area (Å²) in [7, 11) is 3.67. The summed E-state index contributed by atoms with van der Waals surface area (Å²) in [6, 6.07) is 5.98. The molecular formula is C17H25NO3. The zero-order valence-corrected chi connectivity index (χ0v) is 13.1. The predicted octanol–water partition coefficient (Wildman–Crippen LogP) is 3.40. The van der Waals surface area contributed by atoms with Crippen LogP contribution in [0.5, 0.6) is 5.75 Å². The summed E-state index contributed by atoms with van der Waals surface area (Å²) in [6.45, 7) is 3.15. The second-order valence-electron chi connectivity index (χ2n) is 6.18. The number of carbonyl (C=O) groups is 1. The molecule has 2 unspecified atom stereocenters. The van der Waals surface area contributed by atoms with Crippen LogP contribution in [0.25, 0.3) is 0 Å². The molecule has 2 rings (SSSR count). The second-order valence-corrected chi connectivity index (χ2v) is 6.18. The quantitative estimate of drug-likeness (QED) is 0.903. The lowest BCUT2D eigenvalue weighted by Crippen LogP contribution is -2.35. The maximum atomic E-state index is 11.1. The Labute approximate surface area is 126 Å². The fraction of sp³-hybridized carbons (Fsp3) is 0.588. The number of benzene rings is 1. The number of methoxy groups -OCH3 is 1. The van der Waals surface area contributed by atoms with Crippen molar-refractivity contribution in [2.75, 3.05) is 14.2 Å². The van der Waals surface area contributed by atoms with Gasteiger partial charge in [-0.25, -0.2) is 4.79 Å². The van der Waals surface area contributed by atoms with E-state index in [0.717, 1.165) is 18.0 Å². The Bertz CT molecular complexity index is 501. The molecule has 4 nitrogen and oxygen atoms in total. The Morgan fingerprint density at radius 3 is 2.81 bits per heavy atom. The van der Waals surface area contributed by atoms with Crippen molar-refractivity contribution in [3.8, 4) is 5.75 Å². The minimum absolute atomic E-state index is 0.218. The van der Waals surface area contributed by atoms with E-state index in [-0.39, 0.29) is 5.56 Å². The van der Waals surface area contributed by atoms with Crippen molar-refractivity contribution in [1.82, 2.24) is 4.90 Å². The highest BCUT2D eigenvalue weighted by molar-refractivity contribution is 5.90. The van der Waals surface area contributed by atoms with Crippen molar-refractivity contribution < 1.29 is 14.6 Å². The molecule has 0 saturated heterocycles. The molecule has 0 aromatic heterocycles. The zero-order valence-electron chi connectivity index (χ0n) is 13.1. The lowest BCUT2D eigenvalue weighted by atomic mass is 9.86. The van der Waals surface area contributed by atoms with Gasteiger partial charge in [-0.15, -0.1) is 0 Å². The van der Waals surface area contributed by atoms with Crippen LogP contribution in [0.1, 0.15) is 48.5 Å². The number of nitrogens with zero attached hydrogens (tertiary/aromatic N) is 1. The van der Waals surface area contributed by atoms with Crippen LogP contribution in [-0.4, -0.2) is 36.2 Å². The van der Waals surface area contributed by atoms with Crippen molar-refractivity contribution in [2.24, 2.45) is 5.92 Å². The molecule has 0 radical (unpaired) electrons. The predicted molar refractivity (Wildman–Crippen MR) is 82.8 cm³/mol. The van der Waals surface area contributed by atoms with Crippen LogP contribution in [0.4, 0.5) is 0 Å². The van der Waals surface area contributed by atoms with Crippen molar-refractivity contribution in [3.05, 3.63) is 29.3 Å². The Balaban J connectivity index is 2.06. The Kier molecular flexibility index (Phi) is 5.23. The van der Waals surface area contributed by atoms with E-state index in [1.807, 2.05) is 12.1 Å². The number of hydrogen-bond acceptors (Lipinski definition) is 3. The molecule has 0 spiro atoms. The summed E-state index contributed by atoms with van der Waals surface area (Å²) < 4.78 is 5.19. The van der Waals surface area contributed by atoms with Gasteiger partial charge in [-0.1, -0.05) is 25.8 Å². The summed E-state index contributed by atoms with van der Waals surface area (Å²) in [5.74, 6) is 0.286. The average molecular weight is 291 g/mol. The number of rotatable bonds is 5.